The summed E-state index contributed by atoms with van der Waals surface area (Å²) in [6.07, 6.45) is 1.04. The molecule has 0 atom stereocenters. The van der Waals surface area contributed by atoms with E-state index in [4.69, 9.17) is 0 Å². The Bertz CT molecular complexity index is 828. The van der Waals surface area contributed by atoms with Crippen LogP contribution in [-0.2, 0) is 26.4 Å². The molecule has 5 nitrogen and oxygen atoms in total. The Labute approximate surface area is 124 Å². The van der Waals surface area contributed by atoms with Crippen LogP contribution < -0.4 is 4.72 Å². The first kappa shape index (κ1) is 15.7. The van der Waals surface area contributed by atoms with Gasteiger partial charge >= 0.3 is 0 Å². The Morgan fingerprint density at radius 1 is 0.857 bits per heavy atom. The first-order chi connectivity index (χ1) is 9.79. The molecule has 0 radical (unpaired) electrons. The minimum absolute atomic E-state index is 0.0231. The molecule has 0 amide bonds. The highest BCUT2D eigenvalue weighted by molar-refractivity contribution is 7.91. The Morgan fingerprint density at radius 3 is 2.10 bits per heavy atom. The summed E-state index contributed by atoms with van der Waals surface area (Å²) in [5, 5.41) is 0. The Hall–Kier alpha value is -1.70. The fourth-order valence-corrected chi connectivity index (χ4v) is 3.53. The molecule has 0 aliphatic carbocycles. The average Bonchev–Trinajstić information content (AvgIpc) is 2.46. The third kappa shape index (κ3) is 4.13. The summed E-state index contributed by atoms with van der Waals surface area (Å²) >= 11 is 0. The zero-order valence-corrected chi connectivity index (χ0v) is 13.0. The highest BCUT2D eigenvalue weighted by atomic mass is 32.2. The number of sulfone groups is 1. The van der Waals surface area contributed by atoms with Crippen LogP contribution in [0.4, 0.5) is 0 Å². The van der Waals surface area contributed by atoms with E-state index in [9.17, 15) is 16.8 Å². The third-order valence-electron chi connectivity index (χ3n) is 2.85. The number of benzene rings is 2. The summed E-state index contributed by atoms with van der Waals surface area (Å²) in [7, 11) is -7.20. The van der Waals surface area contributed by atoms with Crippen molar-refractivity contribution in [3.8, 4) is 0 Å². The molecule has 0 heterocycles. The van der Waals surface area contributed by atoms with Gasteiger partial charge in [0.25, 0.3) is 0 Å². The molecular weight excluding hydrogens is 310 g/mol. The molecule has 112 valence electrons. The quantitative estimate of drug-likeness (QED) is 0.905. The van der Waals surface area contributed by atoms with Crippen molar-refractivity contribution in [3.63, 3.8) is 0 Å². The molecule has 0 bridgehead atoms. The standard InChI is InChI=1S/C14H15NO4S2/c1-20(16,17)13-8-5-9-14(10-13)21(18,19)15-11-12-6-3-2-4-7-12/h2-10,15H,11H2,1H3. The number of nitrogens with one attached hydrogen (secondary N) is 1. The van der Waals surface area contributed by atoms with Gasteiger partial charge in [-0.15, -0.1) is 0 Å². The molecule has 0 aliphatic heterocycles. The van der Waals surface area contributed by atoms with Gasteiger partial charge in [-0.1, -0.05) is 36.4 Å². The van der Waals surface area contributed by atoms with E-state index >= 15 is 0 Å². The maximum Gasteiger partial charge on any atom is 0.240 e. The van der Waals surface area contributed by atoms with Crippen LogP contribution in [0.1, 0.15) is 5.56 Å². The normalized spacial score (nSPS) is 12.2. The van der Waals surface area contributed by atoms with Gasteiger partial charge in [0.15, 0.2) is 9.84 Å². The largest absolute Gasteiger partial charge is 0.240 e. The first-order valence-electron chi connectivity index (χ1n) is 6.13. The van der Waals surface area contributed by atoms with E-state index in [2.05, 4.69) is 4.72 Å². The van der Waals surface area contributed by atoms with E-state index < -0.39 is 19.9 Å². The fourth-order valence-electron chi connectivity index (χ4n) is 1.73. The van der Waals surface area contributed by atoms with Gasteiger partial charge in [0, 0.05) is 12.8 Å². The second-order valence-electron chi connectivity index (χ2n) is 4.56. The monoisotopic (exact) mass is 325 g/mol. The first-order valence-corrected chi connectivity index (χ1v) is 9.50. The minimum Gasteiger partial charge on any atom is -0.224 e. The molecule has 0 spiro atoms. The number of hydrogen-bond acceptors (Lipinski definition) is 4. The molecule has 7 heteroatoms. The average molecular weight is 325 g/mol. The van der Waals surface area contributed by atoms with Crippen molar-refractivity contribution < 1.29 is 16.8 Å². The van der Waals surface area contributed by atoms with Gasteiger partial charge < -0.3 is 0 Å². The summed E-state index contributed by atoms with van der Waals surface area (Å²) in [6, 6.07) is 14.4. The lowest BCUT2D eigenvalue weighted by Gasteiger charge is -2.08. The lowest BCUT2D eigenvalue weighted by Crippen LogP contribution is -2.23. The van der Waals surface area contributed by atoms with Crippen LogP contribution in [-0.4, -0.2) is 23.1 Å². The zero-order chi connectivity index (χ0) is 15.5. The van der Waals surface area contributed by atoms with Crippen LogP contribution in [0, 0.1) is 0 Å². The lowest BCUT2D eigenvalue weighted by molar-refractivity contribution is 0.581. The van der Waals surface area contributed by atoms with E-state index in [-0.39, 0.29) is 16.3 Å². The molecule has 2 rings (SSSR count). The molecule has 2 aromatic rings. The van der Waals surface area contributed by atoms with Crippen molar-refractivity contribution in [2.45, 2.75) is 16.3 Å². The Morgan fingerprint density at radius 2 is 1.48 bits per heavy atom. The van der Waals surface area contributed by atoms with Gasteiger partial charge in [-0.3, -0.25) is 0 Å². The van der Waals surface area contributed by atoms with E-state index in [1.807, 2.05) is 18.2 Å². The van der Waals surface area contributed by atoms with Crippen LogP contribution in [0.2, 0.25) is 0 Å². The highest BCUT2D eigenvalue weighted by Gasteiger charge is 2.16. The predicted octanol–water partition coefficient (Wildman–Crippen LogP) is 1.57. The van der Waals surface area contributed by atoms with Crippen LogP contribution in [0.25, 0.3) is 0 Å². The Kier molecular flexibility index (Phi) is 4.46. The summed E-state index contributed by atoms with van der Waals surface area (Å²) < 4.78 is 49.8. The second-order valence-corrected chi connectivity index (χ2v) is 8.34. The van der Waals surface area contributed by atoms with Crippen LogP contribution in [0.5, 0.6) is 0 Å². The summed E-state index contributed by atoms with van der Waals surface area (Å²) in [4.78, 5) is -0.0913. The van der Waals surface area contributed by atoms with Crippen LogP contribution in [0.3, 0.4) is 0 Å². The predicted molar refractivity (Wildman–Crippen MR) is 80.0 cm³/mol. The fraction of sp³-hybridized carbons (Fsp3) is 0.143. The Balaban J connectivity index is 2.24. The van der Waals surface area contributed by atoms with Gasteiger partial charge in [0.2, 0.25) is 10.0 Å². The molecule has 0 saturated carbocycles. The summed E-state index contributed by atoms with van der Waals surface area (Å²) in [6.45, 7) is 0.145. The van der Waals surface area contributed by atoms with Crippen molar-refractivity contribution >= 4 is 19.9 Å². The van der Waals surface area contributed by atoms with E-state index in [0.717, 1.165) is 17.9 Å². The molecule has 1 N–H and O–H groups in total. The third-order valence-corrected chi connectivity index (χ3v) is 5.36. The summed E-state index contributed by atoms with van der Waals surface area (Å²) in [5.74, 6) is 0. The molecule has 0 aliphatic rings. The smallest absolute Gasteiger partial charge is 0.224 e. The molecular formula is C14H15NO4S2. The van der Waals surface area contributed by atoms with Gasteiger partial charge in [-0.25, -0.2) is 21.6 Å². The van der Waals surface area contributed by atoms with Crippen LogP contribution >= 0.6 is 0 Å². The molecule has 0 saturated heterocycles. The number of sulfonamides is 1. The maximum atomic E-state index is 12.2. The topological polar surface area (TPSA) is 80.3 Å². The molecule has 0 aromatic heterocycles. The van der Waals surface area contributed by atoms with Gasteiger partial charge in [0.1, 0.15) is 0 Å². The van der Waals surface area contributed by atoms with E-state index in [1.165, 1.54) is 18.2 Å². The molecule has 2 aromatic carbocycles. The van der Waals surface area contributed by atoms with Crippen LogP contribution in [0.15, 0.2) is 64.4 Å². The highest BCUT2D eigenvalue weighted by Crippen LogP contribution is 2.15. The SMILES string of the molecule is CS(=O)(=O)c1cccc(S(=O)(=O)NCc2ccccc2)c1. The van der Waals surface area contributed by atoms with Crippen molar-refractivity contribution in [2.75, 3.05) is 6.26 Å². The van der Waals surface area contributed by atoms with Crippen molar-refractivity contribution in [3.05, 3.63) is 60.2 Å². The number of hydrogen-bond donors (Lipinski definition) is 1. The van der Waals surface area contributed by atoms with Gasteiger partial charge in [-0.2, -0.15) is 0 Å². The van der Waals surface area contributed by atoms with Gasteiger partial charge in [-0.05, 0) is 23.8 Å². The van der Waals surface area contributed by atoms with Crippen molar-refractivity contribution in [1.29, 1.82) is 0 Å². The summed E-state index contributed by atoms with van der Waals surface area (Å²) in [5.41, 5.74) is 0.820. The van der Waals surface area contributed by atoms with E-state index in [1.54, 1.807) is 12.1 Å². The number of rotatable bonds is 5. The second kappa shape index (κ2) is 5.97. The zero-order valence-electron chi connectivity index (χ0n) is 11.4. The van der Waals surface area contributed by atoms with Crippen molar-refractivity contribution in [2.24, 2.45) is 0 Å². The molecule has 0 unspecified atom stereocenters. The molecule has 21 heavy (non-hydrogen) atoms. The minimum atomic E-state index is -3.76. The molecule has 0 fully saturated rings. The lowest BCUT2D eigenvalue weighted by atomic mass is 10.2. The maximum absolute atomic E-state index is 12.2. The van der Waals surface area contributed by atoms with Gasteiger partial charge in [0.05, 0.1) is 9.79 Å². The van der Waals surface area contributed by atoms with E-state index in [0.29, 0.717) is 0 Å². The van der Waals surface area contributed by atoms with Crippen molar-refractivity contribution in [1.82, 2.24) is 4.72 Å².